The summed E-state index contributed by atoms with van der Waals surface area (Å²) in [5, 5.41) is 7.43. The highest BCUT2D eigenvalue weighted by molar-refractivity contribution is 5.79. The molecule has 2 aromatic rings. The molecule has 4 rings (SSSR count). The van der Waals surface area contributed by atoms with E-state index < -0.39 is 0 Å². The van der Waals surface area contributed by atoms with E-state index in [1.54, 1.807) is 0 Å². The molecule has 0 radical (unpaired) electrons. The highest BCUT2D eigenvalue weighted by atomic mass is 16.5. The van der Waals surface area contributed by atoms with Crippen molar-refractivity contribution in [3.8, 4) is 0 Å². The number of carbonyl (C=O) groups is 1. The molecular weight excluding hydrogens is 316 g/mol. The number of carbonyl (C=O) groups excluding carboxylic acids is 1. The van der Waals surface area contributed by atoms with Crippen LogP contribution in [0.1, 0.15) is 31.2 Å². The molecule has 0 atom stereocenters. The Morgan fingerprint density at radius 2 is 2.00 bits per heavy atom. The van der Waals surface area contributed by atoms with Crippen LogP contribution in [-0.2, 0) is 16.1 Å². The molecule has 2 fully saturated rings. The predicted molar refractivity (Wildman–Crippen MR) is 95.2 cm³/mol. The van der Waals surface area contributed by atoms with Gasteiger partial charge in [-0.3, -0.25) is 4.79 Å². The molecule has 2 aromatic heterocycles. The predicted octanol–water partition coefficient (Wildman–Crippen LogP) is 1.84. The molecule has 6 nitrogen and oxygen atoms in total. The molecule has 4 heterocycles. The van der Waals surface area contributed by atoms with Crippen molar-refractivity contribution in [2.24, 2.45) is 5.92 Å². The van der Waals surface area contributed by atoms with Crippen LogP contribution in [0.4, 0.5) is 0 Å². The third-order valence-electron chi connectivity index (χ3n) is 5.57. The van der Waals surface area contributed by atoms with E-state index in [1.807, 2.05) is 35.1 Å². The summed E-state index contributed by atoms with van der Waals surface area (Å²) in [6, 6.07) is 6.63. The molecule has 2 saturated heterocycles. The number of rotatable bonds is 4. The summed E-state index contributed by atoms with van der Waals surface area (Å²) in [5.41, 5.74) is 2.12. The number of pyridine rings is 1. The average Bonchev–Trinajstić information content (AvgIpc) is 3.10. The molecule has 6 heteroatoms. The maximum absolute atomic E-state index is 12.5. The first kappa shape index (κ1) is 16.5. The van der Waals surface area contributed by atoms with Crippen molar-refractivity contribution in [3.05, 3.63) is 36.2 Å². The Kier molecular flexibility index (Phi) is 4.99. The van der Waals surface area contributed by atoms with Gasteiger partial charge in [0.1, 0.15) is 0 Å². The average molecular weight is 342 g/mol. The zero-order valence-electron chi connectivity index (χ0n) is 14.6. The fourth-order valence-electron chi connectivity index (χ4n) is 4.03. The van der Waals surface area contributed by atoms with E-state index in [0.717, 1.165) is 63.1 Å². The lowest BCUT2D eigenvalue weighted by Gasteiger charge is -2.38. The number of piperidine rings is 1. The van der Waals surface area contributed by atoms with Crippen molar-refractivity contribution in [1.82, 2.24) is 19.8 Å². The largest absolute Gasteiger partial charge is 0.381 e. The number of nitrogens with one attached hydrogen (secondary N) is 1. The highest BCUT2D eigenvalue weighted by Crippen LogP contribution is 2.23. The first-order chi connectivity index (χ1) is 12.3. The Hall–Kier alpha value is -1.92. The Labute approximate surface area is 148 Å². The van der Waals surface area contributed by atoms with Crippen LogP contribution in [-0.4, -0.2) is 52.8 Å². The monoisotopic (exact) mass is 342 g/mol. The van der Waals surface area contributed by atoms with Crippen molar-refractivity contribution < 1.29 is 9.53 Å². The number of fused-ring (bicyclic) bond motifs is 1. The summed E-state index contributed by atoms with van der Waals surface area (Å²) in [5.74, 6) is 0.319. The van der Waals surface area contributed by atoms with E-state index in [1.165, 1.54) is 0 Å². The maximum Gasteiger partial charge on any atom is 0.223 e. The van der Waals surface area contributed by atoms with E-state index in [0.29, 0.717) is 12.6 Å². The van der Waals surface area contributed by atoms with Crippen LogP contribution in [0.2, 0.25) is 0 Å². The maximum atomic E-state index is 12.5. The third-order valence-corrected chi connectivity index (χ3v) is 5.57. The SMILES string of the molecule is O=C(NCc1cnn2ccccc12)C1CCN(C2CCOCC2)CC1. The number of likely N-dealkylation sites (tertiary alicyclic amines) is 1. The second kappa shape index (κ2) is 7.54. The Balaban J connectivity index is 1.27. The van der Waals surface area contributed by atoms with Crippen LogP contribution in [0.3, 0.4) is 0 Å². The summed E-state index contributed by atoms with van der Waals surface area (Å²) >= 11 is 0. The number of amides is 1. The lowest BCUT2D eigenvalue weighted by molar-refractivity contribution is -0.127. The van der Waals surface area contributed by atoms with E-state index in [9.17, 15) is 4.79 Å². The lowest BCUT2D eigenvalue weighted by atomic mass is 9.93. The van der Waals surface area contributed by atoms with E-state index in [4.69, 9.17) is 4.74 Å². The van der Waals surface area contributed by atoms with Gasteiger partial charge >= 0.3 is 0 Å². The molecule has 0 bridgehead atoms. The molecule has 0 unspecified atom stereocenters. The van der Waals surface area contributed by atoms with Crippen LogP contribution in [0.15, 0.2) is 30.6 Å². The number of aromatic nitrogens is 2. The summed E-state index contributed by atoms with van der Waals surface area (Å²) in [6.07, 6.45) is 7.93. The molecule has 0 aromatic carbocycles. The standard InChI is InChI=1S/C19H26N4O2/c24-19(20-13-16-14-21-23-8-2-1-3-18(16)23)15-4-9-22(10-5-15)17-6-11-25-12-7-17/h1-3,8,14-15,17H,4-7,9-13H2,(H,20,24). The van der Waals surface area contributed by atoms with Crippen molar-refractivity contribution in [1.29, 1.82) is 0 Å². The Morgan fingerprint density at radius 3 is 2.80 bits per heavy atom. The van der Waals surface area contributed by atoms with Gasteiger partial charge in [0, 0.05) is 43.5 Å². The Bertz CT molecular complexity index is 715. The topological polar surface area (TPSA) is 58.9 Å². The van der Waals surface area contributed by atoms with Gasteiger partial charge in [0.05, 0.1) is 11.7 Å². The second-order valence-electron chi connectivity index (χ2n) is 7.07. The first-order valence-electron chi connectivity index (χ1n) is 9.32. The molecule has 1 N–H and O–H groups in total. The minimum Gasteiger partial charge on any atom is -0.381 e. The fourth-order valence-corrected chi connectivity index (χ4v) is 4.03. The molecule has 134 valence electrons. The van der Waals surface area contributed by atoms with E-state index in [-0.39, 0.29) is 11.8 Å². The molecule has 0 spiro atoms. The molecule has 2 aliphatic rings. The van der Waals surface area contributed by atoms with Gasteiger partial charge in [0.25, 0.3) is 0 Å². The molecule has 0 saturated carbocycles. The first-order valence-corrected chi connectivity index (χ1v) is 9.32. The van der Waals surface area contributed by atoms with Gasteiger partial charge < -0.3 is 15.0 Å². The van der Waals surface area contributed by atoms with Crippen LogP contribution in [0, 0.1) is 5.92 Å². The van der Waals surface area contributed by atoms with Crippen molar-refractivity contribution >= 4 is 11.4 Å². The summed E-state index contributed by atoms with van der Waals surface area (Å²) < 4.78 is 7.29. The van der Waals surface area contributed by atoms with Gasteiger partial charge in [-0.1, -0.05) is 6.07 Å². The zero-order valence-corrected chi connectivity index (χ0v) is 14.6. The van der Waals surface area contributed by atoms with E-state index >= 15 is 0 Å². The smallest absolute Gasteiger partial charge is 0.223 e. The number of hydrogen-bond acceptors (Lipinski definition) is 4. The zero-order chi connectivity index (χ0) is 17.1. The molecular formula is C19H26N4O2. The van der Waals surface area contributed by atoms with Crippen molar-refractivity contribution in [2.45, 2.75) is 38.3 Å². The molecule has 2 aliphatic heterocycles. The third kappa shape index (κ3) is 3.70. The lowest BCUT2D eigenvalue weighted by Crippen LogP contribution is -2.46. The number of hydrogen-bond donors (Lipinski definition) is 1. The van der Waals surface area contributed by atoms with Gasteiger partial charge in [-0.25, -0.2) is 4.52 Å². The summed E-state index contributed by atoms with van der Waals surface area (Å²) in [6.45, 7) is 4.36. The van der Waals surface area contributed by atoms with Crippen molar-refractivity contribution in [3.63, 3.8) is 0 Å². The molecule has 0 aliphatic carbocycles. The second-order valence-corrected chi connectivity index (χ2v) is 7.07. The van der Waals surface area contributed by atoms with E-state index in [2.05, 4.69) is 15.3 Å². The minimum absolute atomic E-state index is 0.137. The Morgan fingerprint density at radius 1 is 1.20 bits per heavy atom. The number of nitrogens with zero attached hydrogens (tertiary/aromatic N) is 3. The molecule has 25 heavy (non-hydrogen) atoms. The van der Waals surface area contributed by atoms with Gasteiger partial charge in [0.15, 0.2) is 0 Å². The van der Waals surface area contributed by atoms with Gasteiger partial charge in [0.2, 0.25) is 5.91 Å². The van der Waals surface area contributed by atoms with Crippen LogP contribution in [0.5, 0.6) is 0 Å². The quantitative estimate of drug-likeness (QED) is 0.921. The highest BCUT2D eigenvalue weighted by Gasteiger charge is 2.29. The molecule has 1 amide bonds. The summed E-state index contributed by atoms with van der Waals surface area (Å²) in [4.78, 5) is 15.1. The van der Waals surface area contributed by atoms with Crippen LogP contribution < -0.4 is 5.32 Å². The summed E-state index contributed by atoms with van der Waals surface area (Å²) in [7, 11) is 0. The van der Waals surface area contributed by atoms with Gasteiger partial charge in [-0.15, -0.1) is 0 Å². The van der Waals surface area contributed by atoms with Crippen LogP contribution in [0.25, 0.3) is 5.52 Å². The van der Waals surface area contributed by atoms with Crippen LogP contribution >= 0.6 is 0 Å². The van der Waals surface area contributed by atoms with Crippen molar-refractivity contribution in [2.75, 3.05) is 26.3 Å². The fraction of sp³-hybridized carbons (Fsp3) is 0.579. The normalized spacial score (nSPS) is 20.8. The van der Waals surface area contributed by atoms with Gasteiger partial charge in [-0.05, 0) is 50.9 Å². The van der Waals surface area contributed by atoms with Gasteiger partial charge in [-0.2, -0.15) is 5.10 Å². The number of ether oxygens (including phenoxy) is 1. The minimum atomic E-state index is 0.137.